The van der Waals surface area contributed by atoms with Crippen molar-refractivity contribution in [1.29, 1.82) is 0 Å². The molecule has 120 valence electrons. The van der Waals surface area contributed by atoms with Crippen molar-refractivity contribution in [2.24, 2.45) is 5.73 Å². The molecule has 0 radical (unpaired) electrons. The smallest absolute Gasteiger partial charge is 0.234 e. The van der Waals surface area contributed by atoms with Crippen molar-refractivity contribution in [1.82, 2.24) is 4.90 Å². The zero-order valence-electron chi connectivity index (χ0n) is 13.6. The van der Waals surface area contributed by atoms with Crippen molar-refractivity contribution in [3.05, 3.63) is 71.8 Å². The van der Waals surface area contributed by atoms with Crippen LogP contribution in [0.2, 0.25) is 0 Å². The van der Waals surface area contributed by atoms with Crippen LogP contribution in [0.25, 0.3) is 0 Å². The summed E-state index contributed by atoms with van der Waals surface area (Å²) in [5, 5.41) is 0. The fraction of sp³-hybridized carbons (Fsp3) is 0.350. The molecular weight excluding hydrogens is 284 g/mol. The first-order chi connectivity index (χ1) is 11.1. The molecule has 3 heteroatoms. The normalized spacial score (nSPS) is 19.2. The second-order valence-electron chi connectivity index (χ2n) is 6.47. The van der Waals surface area contributed by atoms with E-state index in [0.29, 0.717) is 0 Å². The van der Waals surface area contributed by atoms with Gasteiger partial charge in [-0.15, -0.1) is 0 Å². The van der Waals surface area contributed by atoms with Gasteiger partial charge in [0.1, 0.15) is 0 Å². The molecule has 0 aromatic heterocycles. The third-order valence-electron chi connectivity index (χ3n) is 5.13. The van der Waals surface area contributed by atoms with Crippen LogP contribution < -0.4 is 5.73 Å². The third-order valence-corrected chi connectivity index (χ3v) is 5.13. The minimum absolute atomic E-state index is 0.0789. The van der Waals surface area contributed by atoms with Gasteiger partial charge in [-0.3, -0.25) is 9.69 Å². The highest BCUT2D eigenvalue weighted by molar-refractivity contribution is 5.79. The Labute approximate surface area is 138 Å². The van der Waals surface area contributed by atoms with Gasteiger partial charge in [-0.25, -0.2) is 0 Å². The molecule has 0 aliphatic carbocycles. The van der Waals surface area contributed by atoms with Crippen LogP contribution in [-0.2, 0) is 10.2 Å². The van der Waals surface area contributed by atoms with Gasteiger partial charge in [0.2, 0.25) is 5.91 Å². The Balaban J connectivity index is 2.05. The number of amides is 1. The van der Waals surface area contributed by atoms with Crippen LogP contribution in [0.1, 0.15) is 30.9 Å². The van der Waals surface area contributed by atoms with E-state index in [9.17, 15) is 4.79 Å². The number of carbonyl (C=O) groups excluding carboxylic acids is 1. The fourth-order valence-electron chi connectivity index (χ4n) is 3.75. The van der Waals surface area contributed by atoms with Gasteiger partial charge in [0.15, 0.2) is 0 Å². The number of hydrogen-bond acceptors (Lipinski definition) is 2. The zero-order chi connectivity index (χ0) is 16.3. The van der Waals surface area contributed by atoms with Crippen molar-refractivity contribution >= 4 is 5.91 Å². The molecule has 0 spiro atoms. The van der Waals surface area contributed by atoms with Gasteiger partial charge in [0, 0.05) is 12.0 Å². The number of nitrogens with two attached hydrogens (primary N) is 1. The lowest BCUT2D eigenvalue weighted by Gasteiger charge is -2.45. The number of benzene rings is 2. The molecule has 0 bridgehead atoms. The first-order valence-corrected chi connectivity index (χ1v) is 8.28. The molecule has 1 amide bonds. The van der Waals surface area contributed by atoms with Crippen LogP contribution in [0.5, 0.6) is 0 Å². The summed E-state index contributed by atoms with van der Waals surface area (Å²) in [7, 11) is 0. The van der Waals surface area contributed by atoms with Gasteiger partial charge in [-0.1, -0.05) is 60.7 Å². The number of hydrogen-bond donors (Lipinski definition) is 1. The summed E-state index contributed by atoms with van der Waals surface area (Å²) in [6, 6.07) is 21.0. The average Bonchev–Trinajstić information content (AvgIpc) is 2.62. The Kier molecular flexibility index (Phi) is 4.49. The standard InChI is InChI=1S/C20H24N2O/c1-16(19(21)23)22-14-8-13-20(15-22,17-9-4-2-5-10-17)18-11-6-3-7-12-18/h2-7,9-12,16H,8,13-15H2,1H3,(H2,21,23)/t16-/m0/s1. The lowest BCUT2D eigenvalue weighted by atomic mass is 9.69. The van der Waals surface area contributed by atoms with Crippen LogP contribution in [0, 0.1) is 0 Å². The Hall–Kier alpha value is -2.13. The van der Waals surface area contributed by atoms with Gasteiger partial charge in [-0.2, -0.15) is 0 Å². The Morgan fingerprint density at radius 2 is 1.57 bits per heavy atom. The second-order valence-corrected chi connectivity index (χ2v) is 6.47. The maximum absolute atomic E-state index is 11.7. The highest BCUT2D eigenvalue weighted by atomic mass is 16.1. The number of rotatable bonds is 4. The van der Waals surface area contributed by atoms with E-state index in [-0.39, 0.29) is 17.4 Å². The molecule has 1 heterocycles. The molecule has 1 saturated heterocycles. The summed E-state index contributed by atoms with van der Waals surface area (Å²) in [6.45, 7) is 3.66. The quantitative estimate of drug-likeness (QED) is 0.944. The van der Waals surface area contributed by atoms with Crippen LogP contribution in [-0.4, -0.2) is 29.9 Å². The van der Waals surface area contributed by atoms with Crippen molar-refractivity contribution in [3.8, 4) is 0 Å². The predicted molar refractivity (Wildman–Crippen MR) is 93.1 cm³/mol. The number of nitrogens with zero attached hydrogens (tertiary/aromatic N) is 1. The van der Waals surface area contributed by atoms with Crippen LogP contribution in [0.15, 0.2) is 60.7 Å². The molecule has 1 fully saturated rings. The van der Waals surface area contributed by atoms with Gasteiger partial charge in [-0.05, 0) is 37.4 Å². The fourth-order valence-corrected chi connectivity index (χ4v) is 3.75. The predicted octanol–water partition coefficient (Wildman–Crippen LogP) is 2.94. The minimum Gasteiger partial charge on any atom is -0.368 e. The maximum atomic E-state index is 11.7. The highest BCUT2D eigenvalue weighted by Crippen LogP contribution is 2.40. The maximum Gasteiger partial charge on any atom is 0.234 e. The molecule has 3 nitrogen and oxygen atoms in total. The van der Waals surface area contributed by atoms with E-state index in [2.05, 4.69) is 65.6 Å². The third kappa shape index (κ3) is 3.02. The minimum atomic E-state index is -0.248. The van der Waals surface area contributed by atoms with Crippen molar-refractivity contribution < 1.29 is 4.79 Å². The van der Waals surface area contributed by atoms with Gasteiger partial charge >= 0.3 is 0 Å². The topological polar surface area (TPSA) is 46.3 Å². The van der Waals surface area contributed by atoms with Crippen LogP contribution >= 0.6 is 0 Å². The van der Waals surface area contributed by atoms with E-state index in [4.69, 9.17) is 5.73 Å². The van der Waals surface area contributed by atoms with E-state index in [1.54, 1.807) is 0 Å². The summed E-state index contributed by atoms with van der Waals surface area (Å²) in [4.78, 5) is 13.9. The first kappa shape index (κ1) is 15.8. The Morgan fingerprint density at radius 3 is 2.04 bits per heavy atom. The molecule has 2 aromatic rings. The molecule has 0 saturated carbocycles. The number of likely N-dealkylation sites (tertiary alicyclic amines) is 1. The van der Waals surface area contributed by atoms with E-state index in [0.717, 1.165) is 25.9 Å². The monoisotopic (exact) mass is 308 g/mol. The number of primary amides is 1. The van der Waals surface area contributed by atoms with Crippen LogP contribution in [0.4, 0.5) is 0 Å². The largest absolute Gasteiger partial charge is 0.368 e. The lowest BCUT2D eigenvalue weighted by Crippen LogP contribution is -2.53. The number of piperidine rings is 1. The van der Waals surface area contributed by atoms with Crippen molar-refractivity contribution in [2.75, 3.05) is 13.1 Å². The summed E-state index contributed by atoms with van der Waals surface area (Å²) in [5.41, 5.74) is 8.10. The SMILES string of the molecule is C[C@@H](C(N)=O)N1CCCC(c2ccccc2)(c2ccccc2)C1. The van der Waals surface area contributed by atoms with E-state index in [1.165, 1.54) is 11.1 Å². The first-order valence-electron chi connectivity index (χ1n) is 8.28. The molecule has 1 aliphatic rings. The zero-order valence-corrected chi connectivity index (χ0v) is 13.6. The lowest BCUT2D eigenvalue weighted by molar-refractivity contribution is -0.123. The van der Waals surface area contributed by atoms with E-state index < -0.39 is 0 Å². The molecule has 2 N–H and O–H groups in total. The van der Waals surface area contributed by atoms with E-state index in [1.807, 2.05) is 6.92 Å². The van der Waals surface area contributed by atoms with Gasteiger partial charge in [0.05, 0.1) is 6.04 Å². The molecule has 1 aliphatic heterocycles. The number of carbonyl (C=O) groups is 1. The summed E-state index contributed by atoms with van der Waals surface area (Å²) >= 11 is 0. The second kappa shape index (κ2) is 6.55. The van der Waals surface area contributed by atoms with Gasteiger partial charge in [0.25, 0.3) is 0 Å². The summed E-state index contributed by atoms with van der Waals surface area (Å²) in [6.07, 6.45) is 2.14. The molecule has 2 aromatic carbocycles. The average molecular weight is 308 g/mol. The highest BCUT2D eigenvalue weighted by Gasteiger charge is 2.40. The Bertz CT molecular complexity index is 614. The van der Waals surface area contributed by atoms with Crippen LogP contribution in [0.3, 0.4) is 0 Å². The summed E-state index contributed by atoms with van der Waals surface area (Å²) < 4.78 is 0. The van der Waals surface area contributed by atoms with Gasteiger partial charge < -0.3 is 5.73 Å². The van der Waals surface area contributed by atoms with Crippen molar-refractivity contribution in [3.63, 3.8) is 0 Å². The Morgan fingerprint density at radius 1 is 1.04 bits per heavy atom. The molecule has 1 atom stereocenters. The molecular formula is C20H24N2O. The van der Waals surface area contributed by atoms with E-state index >= 15 is 0 Å². The summed E-state index contributed by atoms with van der Waals surface area (Å²) in [5.74, 6) is -0.248. The van der Waals surface area contributed by atoms with Crippen molar-refractivity contribution in [2.45, 2.75) is 31.2 Å². The molecule has 0 unspecified atom stereocenters. The molecule has 23 heavy (non-hydrogen) atoms. The molecule has 3 rings (SSSR count).